The van der Waals surface area contributed by atoms with Gasteiger partial charge in [0.15, 0.2) is 8.68 Å². The Morgan fingerprint density at radius 1 is 1.35 bits per heavy atom. The molecular formula is C12H11ClN2O2S3. The second-order valence-electron chi connectivity index (χ2n) is 4.23. The van der Waals surface area contributed by atoms with Crippen molar-refractivity contribution in [1.29, 1.82) is 0 Å². The van der Waals surface area contributed by atoms with Crippen molar-refractivity contribution >= 4 is 50.4 Å². The second kappa shape index (κ2) is 5.22. The van der Waals surface area contributed by atoms with Crippen LogP contribution >= 0.6 is 34.7 Å². The van der Waals surface area contributed by atoms with E-state index in [9.17, 15) is 8.42 Å². The summed E-state index contributed by atoms with van der Waals surface area (Å²) in [7, 11) is -3.59. The largest absolute Gasteiger partial charge is 0.275 e. The van der Waals surface area contributed by atoms with E-state index in [0.29, 0.717) is 12.2 Å². The van der Waals surface area contributed by atoms with Gasteiger partial charge >= 0.3 is 0 Å². The fourth-order valence-corrected chi connectivity index (χ4v) is 6.57. The number of fused-ring (bicyclic) bond motifs is 1. The standard InChI is InChI=1S/C12H11ClN2O2S3/c1-8-11(19-12(13)14-8)20(16,17)15-6-7-18-10-5-3-2-4-9(10)15/h2-5H,6-7H2,1H3. The third kappa shape index (κ3) is 2.32. The highest BCUT2D eigenvalue weighted by molar-refractivity contribution is 8.00. The van der Waals surface area contributed by atoms with Crippen LogP contribution in [0.2, 0.25) is 4.47 Å². The molecule has 1 aliphatic rings. The number of rotatable bonds is 2. The molecule has 1 aliphatic heterocycles. The topological polar surface area (TPSA) is 50.3 Å². The van der Waals surface area contributed by atoms with Crippen molar-refractivity contribution in [2.75, 3.05) is 16.6 Å². The molecule has 8 heteroatoms. The van der Waals surface area contributed by atoms with Crippen LogP contribution in [0.15, 0.2) is 33.4 Å². The number of thiazole rings is 1. The number of sulfonamides is 1. The lowest BCUT2D eigenvalue weighted by Gasteiger charge is -2.29. The van der Waals surface area contributed by atoms with Crippen LogP contribution in [0.3, 0.4) is 0 Å². The van der Waals surface area contributed by atoms with Crippen LogP contribution in [0.4, 0.5) is 5.69 Å². The highest BCUT2D eigenvalue weighted by atomic mass is 35.5. The average Bonchev–Trinajstić information content (AvgIpc) is 2.78. The van der Waals surface area contributed by atoms with Gasteiger partial charge in [0, 0.05) is 17.2 Å². The predicted molar refractivity (Wildman–Crippen MR) is 83.6 cm³/mol. The van der Waals surface area contributed by atoms with Gasteiger partial charge in [-0.15, -0.1) is 11.8 Å². The Kier molecular flexibility index (Phi) is 3.70. The van der Waals surface area contributed by atoms with E-state index < -0.39 is 10.0 Å². The van der Waals surface area contributed by atoms with Crippen molar-refractivity contribution in [2.24, 2.45) is 0 Å². The van der Waals surface area contributed by atoms with Gasteiger partial charge in [-0.2, -0.15) is 0 Å². The van der Waals surface area contributed by atoms with E-state index in [1.54, 1.807) is 18.7 Å². The van der Waals surface area contributed by atoms with Crippen LogP contribution in [0, 0.1) is 6.92 Å². The van der Waals surface area contributed by atoms with Crippen molar-refractivity contribution in [2.45, 2.75) is 16.0 Å². The molecule has 4 nitrogen and oxygen atoms in total. The van der Waals surface area contributed by atoms with Crippen molar-refractivity contribution < 1.29 is 8.42 Å². The Labute approximate surface area is 130 Å². The molecule has 0 saturated carbocycles. The zero-order chi connectivity index (χ0) is 14.3. The predicted octanol–water partition coefficient (Wildman–Crippen LogP) is 3.41. The summed E-state index contributed by atoms with van der Waals surface area (Å²) in [6.45, 7) is 2.12. The molecule has 0 spiro atoms. The molecule has 2 heterocycles. The minimum absolute atomic E-state index is 0.226. The van der Waals surface area contributed by atoms with Crippen molar-refractivity contribution in [1.82, 2.24) is 4.98 Å². The summed E-state index contributed by atoms with van der Waals surface area (Å²) in [5.74, 6) is 0.738. The minimum Gasteiger partial charge on any atom is -0.264 e. The summed E-state index contributed by atoms with van der Waals surface area (Å²) in [6.07, 6.45) is 0. The van der Waals surface area contributed by atoms with Crippen LogP contribution < -0.4 is 4.31 Å². The van der Waals surface area contributed by atoms with Crippen molar-refractivity contribution in [3.8, 4) is 0 Å². The van der Waals surface area contributed by atoms with Gasteiger partial charge in [0.1, 0.15) is 0 Å². The molecule has 0 saturated heterocycles. The number of para-hydroxylation sites is 1. The summed E-state index contributed by atoms with van der Waals surface area (Å²) in [4.78, 5) is 4.98. The molecule has 0 atom stereocenters. The van der Waals surface area contributed by atoms with Crippen LogP contribution in [-0.4, -0.2) is 25.7 Å². The van der Waals surface area contributed by atoms with Gasteiger partial charge in [0.05, 0.1) is 11.4 Å². The van der Waals surface area contributed by atoms with Gasteiger partial charge in [0.25, 0.3) is 10.0 Å². The number of aryl methyl sites for hydroxylation is 1. The Morgan fingerprint density at radius 2 is 2.10 bits per heavy atom. The first kappa shape index (κ1) is 14.2. The van der Waals surface area contributed by atoms with Gasteiger partial charge in [-0.25, -0.2) is 13.4 Å². The molecule has 1 aromatic heterocycles. The first-order valence-electron chi connectivity index (χ1n) is 5.87. The fourth-order valence-electron chi connectivity index (χ4n) is 2.08. The quantitative estimate of drug-likeness (QED) is 0.836. The van der Waals surface area contributed by atoms with Crippen molar-refractivity contribution in [3.05, 3.63) is 34.4 Å². The lowest BCUT2D eigenvalue weighted by molar-refractivity contribution is 0.592. The number of benzene rings is 1. The van der Waals surface area contributed by atoms with Gasteiger partial charge in [0.2, 0.25) is 0 Å². The first-order valence-corrected chi connectivity index (χ1v) is 9.49. The second-order valence-corrected chi connectivity index (χ2v) is 9.01. The molecule has 106 valence electrons. The lowest BCUT2D eigenvalue weighted by Crippen LogP contribution is -2.35. The number of hydrogen-bond donors (Lipinski definition) is 0. The smallest absolute Gasteiger partial charge is 0.264 e. The van der Waals surface area contributed by atoms with E-state index >= 15 is 0 Å². The number of nitrogens with zero attached hydrogens (tertiary/aromatic N) is 2. The molecule has 0 unspecified atom stereocenters. The maximum atomic E-state index is 12.8. The Hall–Kier alpha value is -0.760. The molecule has 0 aliphatic carbocycles. The molecule has 0 bridgehead atoms. The van der Waals surface area contributed by atoms with E-state index in [0.717, 1.165) is 27.7 Å². The van der Waals surface area contributed by atoms with E-state index in [1.807, 2.05) is 24.3 Å². The highest BCUT2D eigenvalue weighted by Gasteiger charge is 2.32. The fraction of sp³-hybridized carbons (Fsp3) is 0.250. The normalized spacial score (nSPS) is 15.2. The maximum absolute atomic E-state index is 12.8. The summed E-state index contributed by atoms with van der Waals surface area (Å²) < 4.78 is 27.6. The summed E-state index contributed by atoms with van der Waals surface area (Å²) >= 11 is 8.51. The zero-order valence-electron chi connectivity index (χ0n) is 10.5. The minimum atomic E-state index is -3.59. The Bertz CT molecular complexity index is 758. The molecule has 20 heavy (non-hydrogen) atoms. The average molecular weight is 347 g/mol. The summed E-state index contributed by atoms with van der Waals surface area (Å²) in [6, 6.07) is 7.53. The van der Waals surface area contributed by atoms with Gasteiger partial charge in [-0.3, -0.25) is 4.31 Å². The summed E-state index contributed by atoms with van der Waals surface area (Å²) in [5.41, 5.74) is 1.18. The number of anilines is 1. The third-order valence-corrected chi connectivity index (χ3v) is 7.64. The molecule has 0 fully saturated rings. The molecule has 0 amide bonds. The Balaban J connectivity index is 2.12. The monoisotopic (exact) mass is 346 g/mol. The van der Waals surface area contributed by atoms with E-state index in [2.05, 4.69) is 4.98 Å². The first-order chi connectivity index (χ1) is 9.50. The van der Waals surface area contributed by atoms with Crippen molar-refractivity contribution in [3.63, 3.8) is 0 Å². The number of halogens is 1. The molecule has 2 aromatic rings. The van der Waals surface area contributed by atoms with Gasteiger partial charge in [-0.05, 0) is 19.1 Å². The van der Waals surface area contributed by atoms with E-state index in [-0.39, 0.29) is 8.68 Å². The number of hydrogen-bond acceptors (Lipinski definition) is 5. The Morgan fingerprint density at radius 3 is 2.80 bits per heavy atom. The molecular weight excluding hydrogens is 336 g/mol. The molecule has 0 N–H and O–H groups in total. The van der Waals surface area contributed by atoms with E-state index in [4.69, 9.17) is 11.6 Å². The van der Waals surface area contributed by atoms with E-state index in [1.165, 1.54) is 4.31 Å². The molecule has 0 radical (unpaired) electrons. The van der Waals surface area contributed by atoms with Crippen LogP contribution in [0.1, 0.15) is 5.69 Å². The van der Waals surface area contributed by atoms with Crippen LogP contribution in [0.25, 0.3) is 0 Å². The summed E-state index contributed by atoms with van der Waals surface area (Å²) in [5, 5.41) is 0. The van der Waals surface area contributed by atoms with Gasteiger partial charge in [-0.1, -0.05) is 35.1 Å². The van der Waals surface area contributed by atoms with Crippen LogP contribution in [0.5, 0.6) is 0 Å². The SMILES string of the molecule is Cc1nc(Cl)sc1S(=O)(=O)N1CCSc2ccccc21. The van der Waals surface area contributed by atoms with Crippen LogP contribution in [-0.2, 0) is 10.0 Å². The highest BCUT2D eigenvalue weighted by Crippen LogP contribution is 2.39. The maximum Gasteiger partial charge on any atom is 0.275 e. The number of thioether (sulfide) groups is 1. The third-order valence-electron chi connectivity index (χ3n) is 2.94. The lowest BCUT2D eigenvalue weighted by atomic mass is 10.3. The van der Waals surface area contributed by atoms with Gasteiger partial charge < -0.3 is 0 Å². The zero-order valence-corrected chi connectivity index (χ0v) is 13.7. The number of aromatic nitrogens is 1. The molecule has 1 aromatic carbocycles. The molecule has 3 rings (SSSR count).